The average molecular weight is 276 g/mol. The Balaban J connectivity index is 0.00000162. The molecule has 2 atom stereocenters. The van der Waals surface area contributed by atoms with Gasteiger partial charge >= 0.3 is 0 Å². The highest BCUT2D eigenvalue weighted by molar-refractivity contribution is 5.85. The Bertz CT molecular complexity index is 275. The van der Waals surface area contributed by atoms with E-state index in [1.54, 1.807) is 0 Å². The fourth-order valence-electron chi connectivity index (χ4n) is 2.46. The highest BCUT2D eigenvalue weighted by atomic mass is 35.5. The first kappa shape index (κ1) is 15.7. The summed E-state index contributed by atoms with van der Waals surface area (Å²) in [5, 5.41) is 0. The quantitative estimate of drug-likeness (QED) is 0.836. The molecule has 5 heteroatoms. The van der Waals surface area contributed by atoms with Crippen LogP contribution in [0, 0.1) is 5.92 Å². The molecule has 2 N–H and O–H groups in total. The summed E-state index contributed by atoms with van der Waals surface area (Å²) in [4.78, 5) is 16.6. The van der Waals surface area contributed by atoms with Gasteiger partial charge in [-0.25, -0.2) is 0 Å². The number of rotatable bonds is 4. The molecule has 0 bridgehead atoms. The second kappa shape index (κ2) is 6.73. The molecule has 2 rings (SSSR count). The molecule has 0 radical (unpaired) electrons. The number of piperazine rings is 1. The fraction of sp³-hybridized carbons (Fsp3) is 0.923. The predicted molar refractivity (Wildman–Crippen MR) is 75.9 cm³/mol. The lowest BCUT2D eigenvalue weighted by Gasteiger charge is -2.36. The van der Waals surface area contributed by atoms with Gasteiger partial charge in [0.15, 0.2) is 0 Å². The molecular weight excluding hydrogens is 250 g/mol. The number of nitrogens with two attached hydrogens (primary N) is 1. The van der Waals surface area contributed by atoms with Crippen molar-refractivity contribution in [3.8, 4) is 0 Å². The van der Waals surface area contributed by atoms with Gasteiger partial charge in [-0.3, -0.25) is 9.69 Å². The lowest BCUT2D eigenvalue weighted by Crippen LogP contribution is -2.54. The summed E-state index contributed by atoms with van der Waals surface area (Å²) in [7, 11) is 0. The lowest BCUT2D eigenvalue weighted by atomic mass is 9.98. The summed E-state index contributed by atoms with van der Waals surface area (Å²) < 4.78 is 0. The number of halogens is 1. The number of hydrogen-bond acceptors (Lipinski definition) is 3. The van der Waals surface area contributed by atoms with Crippen molar-refractivity contribution >= 4 is 18.3 Å². The van der Waals surface area contributed by atoms with Crippen LogP contribution in [-0.4, -0.2) is 54.0 Å². The minimum atomic E-state index is -0.313. The SMILES string of the molecule is CCC(C)C(N)C(=O)N1CCN(C2CC2)CC1.Cl. The van der Waals surface area contributed by atoms with E-state index in [4.69, 9.17) is 5.73 Å². The number of hydrogen-bond donors (Lipinski definition) is 1. The monoisotopic (exact) mass is 275 g/mol. The Morgan fingerprint density at radius 1 is 1.28 bits per heavy atom. The highest BCUT2D eigenvalue weighted by Crippen LogP contribution is 2.27. The molecule has 2 aliphatic rings. The third kappa shape index (κ3) is 3.59. The third-order valence-electron chi connectivity index (χ3n) is 4.23. The van der Waals surface area contributed by atoms with E-state index >= 15 is 0 Å². The molecule has 1 saturated heterocycles. The summed E-state index contributed by atoms with van der Waals surface area (Å²) in [5.41, 5.74) is 6.00. The van der Waals surface area contributed by atoms with Gasteiger partial charge in [0.05, 0.1) is 6.04 Å². The molecule has 1 amide bonds. The van der Waals surface area contributed by atoms with Gasteiger partial charge in [0, 0.05) is 32.2 Å². The third-order valence-corrected chi connectivity index (χ3v) is 4.23. The van der Waals surface area contributed by atoms with Crippen LogP contribution in [0.1, 0.15) is 33.1 Å². The molecule has 1 heterocycles. The van der Waals surface area contributed by atoms with Gasteiger partial charge in [-0.05, 0) is 18.8 Å². The van der Waals surface area contributed by atoms with Gasteiger partial charge in [0.25, 0.3) is 0 Å². The Morgan fingerprint density at radius 3 is 2.28 bits per heavy atom. The van der Waals surface area contributed by atoms with E-state index in [1.807, 2.05) is 4.90 Å². The van der Waals surface area contributed by atoms with Gasteiger partial charge in [-0.15, -0.1) is 12.4 Å². The van der Waals surface area contributed by atoms with Crippen LogP contribution in [0.2, 0.25) is 0 Å². The van der Waals surface area contributed by atoms with Crippen LogP contribution in [0.3, 0.4) is 0 Å². The van der Waals surface area contributed by atoms with Crippen LogP contribution in [0.25, 0.3) is 0 Å². The van der Waals surface area contributed by atoms with Crippen molar-refractivity contribution in [3.63, 3.8) is 0 Å². The van der Waals surface area contributed by atoms with E-state index < -0.39 is 0 Å². The first-order valence-corrected chi connectivity index (χ1v) is 6.92. The van der Waals surface area contributed by atoms with Crippen LogP contribution in [-0.2, 0) is 4.79 Å². The highest BCUT2D eigenvalue weighted by Gasteiger charge is 2.33. The van der Waals surface area contributed by atoms with E-state index in [1.165, 1.54) is 12.8 Å². The van der Waals surface area contributed by atoms with Crippen LogP contribution in [0.5, 0.6) is 0 Å². The fourth-order valence-corrected chi connectivity index (χ4v) is 2.46. The molecule has 4 nitrogen and oxygen atoms in total. The maximum atomic E-state index is 12.2. The van der Waals surface area contributed by atoms with Gasteiger partial charge in [-0.1, -0.05) is 20.3 Å². The largest absolute Gasteiger partial charge is 0.339 e. The smallest absolute Gasteiger partial charge is 0.239 e. The number of amides is 1. The zero-order chi connectivity index (χ0) is 12.4. The molecule has 1 saturated carbocycles. The van der Waals surface area contributed by atoms with Crippen LogP contribution >= 0.6 is 12.4 Å². The first-order chi connectivity index (χ1) is 8.13. The molecular formula is C13H26ClN3O. The summed E-state index contributed by atoms with van der Waals surface area (Å²) >= 11 is 0. The molecule has 0 aromatic carbocycles. The number of carbonyl (C=O) groups excluding carboxylic acids is 1. The first-order valence-electron chi connectivity index (χ1n) is 6.92. The number of nitrogens with zero attached hydrogens (tertiary/aromatic N) is 2. The van der Waals surface area contributed by atoms with Gasteiger partial charge < -0.3 is 10.6 Å². The molecule has 106 valence electrons. The lowest BCUT2D eigenvalue weighted by molar-refractivity contribution is -0.135. The second-order valence-electron chi connectivity index (χ2n) is 5.50. The molecule has 0 aromatic heterocycles. The van der Waals surface area contributed by atoms with Crippen molar-refractivity contribution in [1.29, 1.82) is 0 Å². The molecule has 1 aliphatic carbocycles. The average Bonchev–Trinajstić information content (AvgIpc) is 3.20. The summed E-state index contributed by atoms with van der Waals surface area (Å²) in [6.45, 7) is 7.93. The molecule has 2 unspecified atom stereocenters. The van der Waals surface area contributed by atoms with Crippen LogP contribution in [0.4, 0.5) is 0 Å². The van der Waals surface area contributed by atoms with E-state index in [9.17, 15) is 4.79 Å². The molecule has 18 heavy (non-hydrogen) atoms. The Labute approximate surface area is 116 Å². The summed E-state index contributed by atoms with van der Waals surface area (Å²) in [6.07, 6.45) is 3.66. The standard InChI is InChI=1S/C13H25N3O.ClH/c1-3-10(2)12(14)13(17)16-8-6-15(7-9-16)11-4-5-11;/h10-12H,3-9,14H2,1-2H3;1H. The molecule has 0 spiro atoms. The van der Waals surface area contributed by atoms with E-state index in [-0.39, 0.29) is 30.3 Å². The maximum absolute atomic E-state index is 12.2. The van der Waals surface area contributed by atoms with Gasteiger partial charge in [-0.2, -0.15) is 0 Å². The van der Waals surface area contributed by atoms with E-state index in [0.717, 1.165) is 38.6 Å². The molecule has 2 fully saturated rings. The second-order valence-corrected chi connectivity index (χ2v) is 5.50. The van der Waals surface area contributed by atoms with E-state index in [2.05, 4.69) is 18.7 Å². The van der Waals surface area contributed by atoms with Gasteiger partial charge in [0.1, 0.15) is 0 Å². The summed E-state index contributed by atoms with van der Waals surface area (Å²) in [6, 6.07) is 0.503. The zero-order valence-electron chi connectivity index (χ0n) is 11.5. The van der Waals surface area contributed by atoms with Crippen LogP contribution in [0.15, 0.2) is 0 Å². The zero-order valence-corrected chi connectivity index (χ0v) is 12.3. The van der Waals surface area contributed by atoms with Gasteiger partial charge in [0.2, 0.25) is 5.91 Å². The molecule has 1 aliphatic heterocycles. The topological polar surface area (TPSA) is 49.6 Å². The summed E-state index contributed by atoms with van der Waals surface area (Å²) in [5.74, 6) is 0.429. The van der Waals surface area contributed by atoms with Crippen LogP contribution < -0.4 is 5.73 Å². The number of carbonyl (C=O) groups is 1. The normalized spacial score (nSPS) is 24.3. The Hall–Kier alpha value is -0.320. The Morgan fingerprint density at radius 2 is 1.83 bits per heavy atom. The van der Waals surface area contributed by atoms with Crippen molar-refractivity contribution in [1.82, 2.24) is 9.80 Å². The predicted octanol–water partition coefficient (Wildman–Crippen LogP) is 1.09. The minimum Gasteiger partial charge on any atom is -0.339 e. The molecule has 0 aromatic rings. The Kier molecular flexibility index (Phi) is 5.89. The van der Waals surface area contributed by atoms with Crippen molar-refractivity contribution in [2.75, 3.05) is 26.2 Å². The van der Waals surface area contributed by atoms with Crippen molar-refractivity contribution in [2.24, 2.45) is 11.7 Å². The van der Waals surface area contributed by atoms with Crippen molar-refractivity contribution < 1.29 is 4.79 Å². The van der Waals surface area contributed by atoms with E-state index in [0.29, 0.717) is 0 Å². The minimum absolute atomic E-state index is 0. The maximum Gasteiger partial charge on any atom is 0.239 e. The van der Waals surface area contributed by atoms with Crippen molar-refractivity contribution in [3.05, 3.63) is 0 Å². The van der Waals surface area contributed by atoms with Crippen molar-refractivity contribution in [2.45, 2.75) is 45.2 Å².